The van der Waals surface area contributed by atoms with E-state index < -0.39 is 5.97 Å². The molecule has 0 radical (unpaired) electrons. The molecule has 0 aromatic heterocycles. The minimum Gasteiger partial charge on any atom is -0.481 e. The summed E-state index contributed by atoms with van der Waals surface area (Å²) in [7, 11) is 0. The molecule has 1 rings (SSSR count). The van der Waals surface area contributed by atoms with Crippen molar-refractivity contribution in [1.82, 2.24) is 5.32 Å². The maximum Gasteiger partial charge on any atom is 0.304 e. The molecule has 0 amide bonds. The van der Waals surface area contributed by atoms with Crippen molar-refractivity contribution >= 4 is 5.97 Å². The number of hydrogen-bond donors (Lipinski definition) is 2. The van der Waals surface area contributed by atoms with Crippen LogP contribution in [0.1, 0.15) is 33.6 Å². The van der Waals surface area contributed by atoms with Gasteiger partial charge in [0.15, 0.2) is 0 Å². The van der Waals surface area contributed by atoms with Gasteiger partial charge in [0.05, 0.1) is 18.1 Å². The van der Waals surface area contributed by atoms with Crippen molar-refractivity contribution < 1.29 is 14.6 Å². The lowest BCUT2D eigenvalue weighted by molar-refractivity contribution is -0.137. The summed E-state index contributed by atoms with van der Waals surface area (Å²) in [5.41, 5.74) is -0.148. The maximum atomic E-state index is 10.5. The van der Waals surface area contributed by atoms with Gasteiger partial charge in [0, 0.05) is 12.6 Å². The van der Waals surface area contributed by atoms with E-state index in [1.54, 1.807) is 0 Å². The Balaban J connectivity index is 2.31. The molecule has 0 aromatic carbocycles. The first kappa shape index (κ1) is 11.5. The van der Waals surface area contributed by atoms with Gasteiger partial charge in [-0.25, -0.2) is 0 Å². The number of hydrogen-bond acceptors (Lipinski definition) is 3. The summed E-state index contributed by atoms with van der Waals surface area (Å²) in [6, 6.07) is 0.0693. The molecule has 0 bridgehead atoms. The first-order chi connectivity index (χ1) is 6.37. The van der Waals surface area contributed by atoms with Crippen LogP contribution < -0.4 is 5.32 Å². The lowest BCUT2D eigenvalue weighted by Gasteiger charge is -2.24. The van der Waals surface area contributed by atoms with Crippen molar-refractivity contribution in [2.24, 2.45) is 0 Å². The fourth-order valence-electron chi connectivity index (χ4n) is 1.74. The van der Waals surface area contributed by atoms with E-state index in [0.717, 1.165) is 13.0 Å². The van der Waals surface area contributed by atoms with Crippen molar-refractivity contribution in [2.75, 3.05) is 6.54 Å². The van der Waals surface area contributed by atoms with E-state index in [1.165, 1.54) is 0 Å². The molecule has 4 nitrogen and oxygen atoms in total. The van der Waals surface area contributed by atoms with Gasteiger partial charge in [-0.3, -0.25) is 4.79 Å². The van der Waals surface area contributed by atoms with E-state index in [-0.39, 0.29) is 24.2 Å². The topological polar surface area (TPSA) is 58.6 Å². The minimum absolute atomic E-state index is 0.0693. The van der Waals surface area contributed by atoms with E-state index in [1.807, 2.05) is 20.8 Å². The summed E-state index contributed by atoms with van der Waals surface area (Å²) in [6.07, 6.45) is 1.13. The molecule has 4 heteroatoms. The van der Waals surface area contributed by atoms with Crippen LogP contribution in [0, 0.1) is 0 Å². The van der Waals surface area contributed by atoms with Gasteiger partial charge in [-0.2, -0.15) is 0 Å². The van der Waals surface area contributed by atoms with Gasteiger partial charge in [0.2, 0.25) is 0 Å². The predicted molar refractivity (Wildman–Crippen MR) is 53.3 cm³/mol. The number of carboxylic acids is 1. The maximum absolute atomic E-state index is 10.5. The monoisotopic (exact) mass is 201 g/mol. The van der Waals surface area contributed by atoms with Crippen LogP contribution in [0.2, 0.25) is 0 Å². The number of rotatable bonds is 3. The first-order valence-corrected chi connectivity index (χ1v) is 5.00. The standard InChI is InChI=1S/C10H19NO3/c1-10(2,3)14-8-4-7(11-6-8)5-9(12)13/h7-8,11H,4-6H2,1-3H3,(H,12,13)/t7-,8+/m1/s1. The Morgan fingerprint density at radius 2 is 2.21 bits per heavy atom. The molecule has 82 valence electrons. The summed E-state index contributed by atoms with van der Waals surface area (Å²) >= 11 is 0. The lowest BCUT2D eigenvalue weighted by Crippen LogP contribution is -2.28. The Kier molecular flexibility index (Phi) is 3.50. The summed E-state index contributed by atoms with van der Waals surface area (Å²) in [5.74, 6) is -0.751. The van der Waals surface area contributed by atoms with Gasteiger partial charge < -0.3 is 15.2 Å². The summed E-state index contributed by atoms with van der Waals surface area (Å²) in [6.45, 7) is 6.79. The zero-order valence-corrected chi connectivity index (χ0v) is 9.04. The average Bonchev–Trinajstić information content (AvgIpc) is 2.30. The number of carbonyl (C=O) groups is 1. The van der Waals surface area contributed by atoms with Crippen LogP contribution in [0.25, 0.3) is 0 Å². The van der Waals surface area contributed by atoms with Crippen LogP contribution in [0.4, 0.5) is 0 Å². The van der Waals surface area contributed by atoms with Crippen LogP contribution in [0.15, 0.2) is 0 Å². The number of aliphatic carboxylic acids is 1. The van der Waals surface area contributed by atoms with Crippen LogP contribution in [-0.4, -0.2) is 35.4 Å². The molecule has 0 aliphatic carbocycles. The molecular weight excluding hydrogens is 182 g/mol. The van der Waals surface area contributed by atoms with Gasteiger partial charge in [-0.05, 0) is 27.2 Å². The molecule has 0 saturated carbocycles. The molecule has 2 N–H and O–H groups in total. The normalized spacial score (nSPS) is 27.9. The van der Waals surface area contributed by atoms with Gasteiger partial charge in [0.25, 0.3) is 0 Å². The van der Waals surface area contributed by atoms with Gasteiger partial charge >= 0.3 is 5.97 Å². The molecule has 1 saturated heterocycles. The summed E-state index contributed by atoms with van der Waals surface area (Å²) < 4.78 is 5.76. The van der Waals surface area contributed by atoms with Gasteiger partial charge in [0.1, 0.15) is 0 Å². The van der Waals surface area contributed by atoms with Crippen molar-refractivity contribution in [2.45, 2.75) is 51.4 Å². The summed E-state index contributed by atoms with van der Waals surface area (Å²) in [4.78, 5) is 10.5. The Hall–Kier alpha value is -0.610. The van der Waals surface area contributed by atoms with Gasteiger partial charge in [-0.15, -0.1) is 0 Å². The second kappa shape index (κ2) is 4.28. The highest BCUT2D eigenvalue weighted by Gasteiger charge is 2.29. The SMILES string of the molecule is CC(C)(C)O[C@@H]1CN[C@@H](CC(=O)O)C1. The Bertz CT molecular complexity index is 210. The van der Waals surface area contributed by atoms with E-state index in [4.69, 9.17) is 9.84 Å². The van der Waals surface area contributed by atoms with E-state index in [9.17, 15) is 4.79 Å². The quantitative estimate of drug-likeness (QED) is 0.715. The molecule has 1 aliphatic rings. The fraction of sp³-hybridized carbons (Fsp3) is 0.900. The van der Waals surface area contributed by atoms with E-state index >= 15 is 0 Å². The zero-order valence-electron chi connectivity index (χ0n) is 9.04. The van der Waals surface area contributed by atoms with Crippen LogP contribution in [-0.2, 0) is 9.53 Å². The molecule has 1 aliphatic heterocycles. The molecule has 1 fully saturated rings. The first-order valence-electron chi connectivity index (χ1n) is 5.00. The highest BCUT2D eigenvalue weighted by Crippen LogP contribution is 2.19. The smallest absolute Gasteiger partial charge is 0.304 e. The Labute approximate surface area is 84.6 Å². The zero-order chi connectivity index (χ0) is 10.8. The third kappa shape index (κ3) is 4.07. The molecule has 14 heavy (non-hydrogen) atoms. The molecular formula is C10H19NO3. The molecule has 0 aromatic rings. The third-order valence-corrected chi connectivity index (χ3v) is 2.12. The fourth-order valence-corrected chi connectivity index (χ4v) is 1.74. The minimum atomic E-state index is -0.751. The number of nitrogens with one attached hydrogen (secondary N) is 1. The van der Waals surface area contributed by atoms with E-state index in [2.05, 4.69) is 5.32 Å². The Morgan fingerprint density at radius 1 is 1.57 bits per heavy atom. The largest absolute Gasteiger partial charge is 0.481 e. The lowest BCUT2D eigenvalue weighted by atomic mass is 10.1. The second-order valence-corrected chi connectivity index (χ2v) is 4.79. The second-order valence-electron chi connectivity index (χ2n) is 4.79. The van der Waals surface area contributed by atoms with Crippen molar-refractivity contribution in [3.63, 3.8) is 0 Å². The number of ether oxygens (including phenoxy) is 1. The molecule has 2 atom stereocenters. The van der Waals surface area contributed by atoms with Crippen LogP contribution in [0.5, 0.6) is 0 Å². The van der Waals surface area contributed by atoms with Crippen LogP contribution in [0.3, 0.4) is 0 Å². The molecule has 0 spiro atoms. The highest BCUT2D eigenvalue weighted by atomic mass is 16.5. The van der Waals surface area contributed by atoms with Crippen molar-refractivity contribution in [3.8, 4) is 0 Å². The average molecular weight is 201 g/mol. The third-order valence-electron chi connectivity index (χ3n) is 2.12. The van der Waals surface area contributed by atoms with Gasteiger partial charge in [-0.1, -0.05) is 0 Å². The van der Waals surface area contributed by atoms with Crippen LogP contribution >= 0.6 is 0 Å². The molecule has 0 unspecified atom stereocenters. The van der Waals surface area contributed by atoms with E-state index in [0.29, 0.717) is 0 Å². The summed E-state index contributed by atoms with van der Waals surface area (Å²) in [5, 5.41) is 11.8. The predicted octanol–water partition coefficient (Wildman–Crippen LogP) is 1.01. The van der Waals surface area contributed by atoms with Crippen molar-refractivity contribution in [3.05, 3.63) is 0 Å². The van der Waals surface area contributed by atoms with Crippen molar-refractivity contribution in [1.29, 1.82) is 0 Å². The Morgan fingerprint density at radius 3 is 2.71 bits per heavy atom. The molecule has 1 heterocycles. The highest BCUT2D eigenvalue weighted by molar-refractivity contribution is 5.67. The number of carboxylic acid groups (broad SMARTS) is 1.